The molecular formula is C13H20N2O2S. The van der Waals surface area contributed by atoms with E-state index in [1.165, 1.54) is 16.9 Å². The summed E-state index contributed by atoms with van der Waals surface area (Å²) in [4.78, 5) is 4.36. The van der Waals surface area contributed by atoms with E-state index in [-0.39, 0.29) is 6.04 Å². The lowest BCUT2D eigenvalue weighted by atomic mass is 9.96. The average molecular weight is 268 g/mol. The Bertz CT molecular complexity index is 490. The number of nitrogens with zero attached hydrogens (tertiary/aromatic N) is 2. The highest BCUT2D eigenvalue weighted by molar-refractivity contribution is 7.89. The smallest absolute Gasteiger partial charge is 0.244 e. The van der Waals surface area contributed by atoms with Crippen LogP contribution in [0.25, 0.3) is 0 Å². The molecule has 0 spiro atoms. The van der Waals surface area contributed by atoms with Crippen molar-refractivity contribution in [1.82, 2.24) is 9.29 Å². The van der Waals surface area contributed by atoms with Crippen molar-refractivity contribution in [2.45, 2.75) is 50.0 Å². The molecule has 0 aliphatic heterocycles. The van der Waals surface area contributed by atoms with Gasteiger partial charge in [-0.2, -0.15) is 4.31 Å². The lowest BCUT2D eigenvalue weighted by Gasteiger charge is -2.30. The Morgan fingerprint density at radius 3 is 2.44 bits per heavy atom. The van der Waals surface area contributed by atoms with Crippen molar-refractivity contribution in [2.75, 3.05) is 7.05 Å². The predicted molar refractivity (Wildman–Crippen MR) is 70.8 cm³/mol. The van der Waals surface area contributed by atoms with Crippen LogP contribution in [0, 0.1) is 6.92 Å². The van der Waals surface area contributed by atoms with Gasteiger partial charge in [-0.3, -0.25) is 4.98 Å². The molecule has 1 saturated carbocycles. The normalized spacial score (nSPS) is 18.2. The highest BCUT2D eigenvalue weighted by Gasteiger charge is 2.29. The maximum Gasteiger partial charge on any atom is 0.244 e. The number of sulfonamides is 1. The van der Waals surface area contributed by atoms with E-state index in [1.807, 2.05) is 6.92 Å². The first-order chi connectivity index (χ1) is 8.51. The summed E-state index contributed by atoms with van der Waals surface area (Å²) in [6.45, 7) is 1.85. The van der Waals surface area contributed by atoms with Crippen molar-refractivity contribution in [3.63, 3.8) is 0 Å². The standard InChI is InChI=1S/C13H20N2O2S/c1-11-8-9-13(10-14-11)18(16,17)15(2)12-6-4-3-5-7-12/h8-10,12H,3-7H2,1-2H3. The van der Waals surface area contributed by atoms with E-state index in [0.29, 0.717) is 4.90 Å². The van der Waals surface area contributed by atoms with Crippen LogP contribution >= 0.6 is 0 Å². The van der Waals surface area contributed by atoms with Crippen molar-refractivity contribution in [3.05, 3.63) is 24.0 Å². The molecule has 1 aromatic heterocycles. The van der Waals surface area contributed by atoms with E-state index in [4.69, 9.17) is 0 Å². The average Bonchev–Trinajstić information content (AvgIpc) is 2.39. The van der Waals surface area contributed by atoms with Gasteiger partial charge in [0.1, 0.15) is 4.90 Å². The van der Waals surface area contributed by atoms with Crippen LogP contribution in [0.1, 0.15) is 37.8 Å². The third-order valence-corrected chi connectivity index (χ3v) is 5.54. The maximum absolute atomic E-state index is 12.4. The predicted octanol–water partition coefficient (Wildman–Crippen LogP) is 2.34. The monoisotopic (exact) mass is 268 g/mol. The van der Waals surface area contributed by atoms with Crippen molar-refractivity contribution >= 4 is 10.0 Å². The third-order valence-electron chi connectivity index (χ3n) is 3.65. The molecular weight excluding hydrogens is 248 g/mol. The fourth-order valence-electron chi connectivity index (χ4n) is 2.41. The highest BCUT2D eigenvalue weighted by atomic mass is 32.2. The second-order valence-electron chi connectivity index (χ2n) is 4.95. The molecule has 2 rings (SSSR count). The van der Waals surface area contributed by atoms with Crippen LogP contribution in [0.3, 0.4) is 0 Å². The zero-order valence-electron chi connectivity index (χ0n) is 11.0. The van der Waals surface area contributed by atoms with Crippen LogP contribution in [0.15, 0.2) is 23.2 Å². The van der Waals surface area contributed by atoms with Crippen LogP contribution < -0.4 is 0 Å². The highest BCUT2D eigenvalue weighted by Crippen LogP contribution is 2.26. The molecule has 5 heteroatoms. The molecule has 1 aromatic rings. The molecule has 18 heavy (non-hydrogen) atoms. The number of hydrogen-bond acceptors (Lipinski definition) is 3. The van der Waals surface area contributed by atoms with Gasteiger partial charge in [0.05, 0.1) is 0 Å². The van der Waals surface area contributed by atoms with Crippen LogP contribution in [0.4, 0.5) is 0 Å². The topological polar surface area (TPSA) is 50.3 Å². The third kappa shape index (κ3) is 2.72. The van der Waals surface area contributed by atoms with Gasteiger partial charge in [0.15, 0.2) is 0 Å². The largest absolute Gasteiger partial charge is 0.260 e. The molecule has 0 bridgehead atoms. The minimum Gasteiger partial charge on any atom is -0.260 e. The van der Waals surface area contributed by atoms with E-state index in [2.05, 4.69) is 4.98 Å². The zero-order chi connectivity index (χ0) is 13.2. The fraction of sp³-hybridized carbons (Fsp3) is 0.615. The van der Waals surface area contributed by atoms with Gasteiger partial charge < -0.3 is 0 Å². The molecule has 1 heterocycles. The summed E-state index contributed by atoms with van der Waals surface area (Å²) >= 11 is 0. The summed E-state index contributed by atoms with van der Waals surface area (Å²) in [7, 11) is -1.70. The molecule has 0 N–H and O–H groups in total. The van der Waals surface area contributed by atoms with E-state index >= 15 is 0 Å². The van der Waals surface area contributed by atoms with E-state index in [0.717, 1.165) is 31.4 Å². The van der Waals surface area contributed by atoms with Crippen LogP contribution in [-0.2, 0) is 10.0 Å². The Morgan fingerprint density at radius 2 is 1.89 bits per heavy atom. The molecule has 0 radical (unpaired) electrons. The van der Waals surface area contributed by atoms with Gasteiger partial charge in [0, 0.05) is 25.0 Å². The van der Waals surface area contributed by atoms with Crippen LogP contribution in [0.2, 0.25) is 0 Å². The Labute approximate surface area is 109 Å². The molecule has 0 aromatic carbocycles. The lowest BCUT2D eigenvalue weighted by molar-refractivity contribution is 0.286. The molecule has 1 aliphatic carbocycles. The van der Waals surface area contributed by atoms with E-state index in [9.17, 15) is 8.42 Å². The minimum atomic E-state index is -3.38. The van der Waals surface area contributed by atoms with Gasteiger partial charge in [-0.05, 0) is 31.9 Å². The Hall–Kier alpha value is -0.940. The lowest BCUT2D eigenvalue weighted by Crippen LogP contribution is -2.38. The number of rotatable bonds is 3. The molecule has 0 amide bonds. The molecule has 4 nitrogen and oxygen atoms in total. The number of hydrogen-bond donors (Lipinski definition) is 0. The molecule has 100 valence electrons. The Balaban J connectivity index is 2.21. The molecule has 1 aliphatic rings. The summed E-state index contributed by atoms with van der Waals surface area (Å²) in [5.74, 6) is 0. The SMILES string of the molecule is Cc1ccc(S(=O)(=O)N(C)C2CCCCC2)cn1. The summed E-state index contributed by atoms with van der Waals surface area (Å²) in [6, 6.07) is 3.52. The molecule has 0 saturated heterocycles. The number of aromatic nitrogens is 1. The van der Waals surface area contributed by atoms with Gasteiger partial charge in [-0.25, -0.2) is 8.42 Å². The Kier molecular flexibility index (Phi) is 4.02. The van der Waals surface area contributed by atoms with Crippen molar-refractivity contribution < 1.29 is 8.42 Å². The number of aryl methyl sites for hydroxylation is 1. The summed E-state index contributed by atoms with van der Waals surface area (Å²) in [5, 5.41) is 0. The van der Waals surface area contributed by atoms with Gasteiger partial charge in [-0.15, -0.1) is 0 Å². The quantitative estimate of drug-likeness (QED) is 0.845. The fourth-order valence-corrected chi connectivity index (χ4v) is 3.78. The van der Waals surface area contributed by atoms with Crippen molar-refractivity contribution in [3.8, 4) is 0 Å². The summed E-state index contributed by atoms with van der Waals surface area (Å²) < 4.78 is 26.4. The first-order valence-electron chi connectivity index (χ1n) is 6.42. The first kappa shape index (κ1) is 13.5. The second kappa shape index (κ2) is 5.36. The molecule has 0 atom stereocenters. The van der Waals surface area contributed by atoms with Gasteiger partial charge in [0.25, 0.3) is 0 Å². The van der Waals surface area contributed by atoms with E-state index < -0.39 is 10.0 Å². The molecule has 0 unspecified atom stereocenters. The van der Waals surface area contributed by atoms with Gasteiger partial charge in [0.2, 0.25) is 10.0 Å². The second-order valence-corrected chi connectivity index (χ2v) is 6.95. The first-order valence-corrected chi connectivity index (χ1v) is 7.86. The number of pyridine rings is 1. The zero-order valence-corrected chi connectivity index (χ0v) is 11.8. The maximum atomic E-state index is 12.4. The van der Waals surface area contributed by atoms with Crippen LogP contribution in [0.5, 0.6) is 0 Å². The van der Waals surface area contributed by atoms with E-state index in [1.54, 1.807) is 19.2 Å². The summed E-state index contributed by atoms with van der Waals surface area (Å²) in [6.07, 6.45) is 6.85. The van der Waals surface area contributed by atoms with Crippen molar-refractivity contribution in [2.24, 2.45) is 0 Å². The van der Waals surface area contributed by atoms with Crippen LogP contribution in [-0.4, -0.2) is 30.8 Å². The van der Waals surface area contributed by atoms with Gasteiger partial charge in [-0.1, -0.05) is 19.3 Å². The molecule has 1 fully saturated rings. The van der Waals surface area contributed by atoms with Crippen molar-refractivity contribution in [1.29, 1.82) is 0 Å². The van der Waals surface area contributed by atoms with Gasteiger partial charge >= 0.3 is 0 Å². The Morgan fingerprint density at radius 1 is 1.22 bits per heavy atom. The minimum absolute atomic E-state index is 0.144. The summed E-state index contributed by atoms with van der Waals surface area (Å²) in [5.41, 5.74) is 0.828.